The third-order valence-electron chi connectivity index (χ3n) is 3.57. The second-order valence-electron chi connectivity index (χ2n) is 5.49. The predicted octanol–water partition coefficient (Wildman–Crippen LogP) is 2.30. The van der Waals surface area contributed by atoms with Crippen molar-refractivity contribution in [1.82, 2.24) is 25.5 Å². The molecule has 3 N–H and O–H groups in total. The number of hydrogen-bond donors (Lipinski definition) is 3. The topological polar surface area (TPSA) is 110 Å². The molecule has 0 bridgehead atoms. The number of nitrogens with one attached hydrogen (secondary N) is 3. The van der Waals surface area contributed by atoms with Crippen LogP contribution in [-0.4, -0.2) is 26.2 Å². The molecule has 9 heteroatoms. The average Bonchev–Trinajstić information content (AvgIpc) is 3.26. The van der Waals surface area contributed by atoms with E-state index in [9.17, 15) is 4.79 Å². The summed E-state index contributed by atoms with van der Waals surface area (Å²) in [6.07, 6.45) is 1.57. The van der Waals surface area contributed by atoms with Crippen LogP contribution in [0.25, 0.3) is 0 Å². The van der Waals surface area contributed by atoms with Gasteiger partial charge in [0.2, 0.25) is 0 Å². The molecule has 0 fully saturated rings. The van der Waals surface area contributed by atoms with Crippen molar-refractivity contribution < 1.29 is 9.21 Å². The lowest BCUT2D eigenvalue weighted by molar-refractivity contribution is 0.251. The van der Waals surface area contributed by atoms with E-state index in [1.165, 1.54) is 0 Å². The molecule has 3 rings (SSSR count). The maximum absolute atomic E-state index is 11.9. The van der Waals surface area contributed by atoms with Gasteiger partial charge in [-0.05, 0) is 53.7 Å². The van der Waals surface area contributed by atoms with E-state index in [0.29, 0.717) is 18.0 Å². The number of urea groups is 1. The minimum Gasteiger partial charge on any atom is -0.467 e. The lowest BCUT2D eigenvalue weighted by Gasteiger charge is -2.14. The maximum atomic E-state index is 11.9. The Kier molecular flexibility index (Phi) is 4.93. The highest BCUT2D eigenvalue weighted by molar-refractivity contribution is 5.89. The van der Waals surface area contributed by atoms with Crippen molar-refractivity contribution in [2.45, 2.75) is 19.5 Å². The van der Waals surface area contributed by atoms with Crippen LogP contribution in [-0.2, 0) is 13.6 Å². The van der Waals surface area contributed by atoms with Gasteiger partial charge in [0.25, 0.3) is 0 Å². The van der Waals surface area contributed by atoms with Crippen LogP contribution in [0.3, 0.4) is 0 Å². The van der Waals surface area contributed by atoms with Gasteiger partial charge in [0.05, 0.1) is 18.8 Å². The summed E-state index contributed by atoms with van der Waals surface area (Å²) in [4.78, 5) is 11.9. The summed E-state index contributed by atoms with van der Waals surface area (Å²) in [5.74, 6) is 1.43. The van der Waals surface area contributed by atoms with Crippen LogP contribution in [0.5, 0.6) is 0 Å². The number of hydrogen-bond acceptors (Lipinski definition) is 6. The molecule has 0 saturated carbocycles. The van der Waals surface area contributed by atoms with Crippen LogP contribution in [0.4, 0.5) is 16.2 Å². The monoisotopic (exact) mass is 341 g/mol. The molecule has 1 atom stereocenters. The number of tetrazole rings is 1. The van der Waals surface area contributed by atoms with Crippen molar-refractivity contribution >= 4 is 17.4 Å². The van der Waals surface area contributed by atoms with Crippen LogP contribution in [0.2, 0.25) is 0 Å². The third-order valence-corrected chi connectivity index (χ3v) is 3.57. The summed E-state index contributed by atoms with van der Waals surface area (Å²) >= 11 is 0. The standard InChI is InChI=1S/C16H19N7O2/c1-11(15-20-21-22-23(15)2)18-12-5-7-13(8-6-12)19-16(24)17-10-14-4-3-9-25-14/h3-9,11,18H,10H2,1-2H3,(H2,17,19,24)/t11-/m1/s1. The van der Waals surface area contributed by atoms with E-state index < -0.39 is 0 Å². The largest absolute Gasteiger partial charge is 0.467 e. The number of anilines is 2. The minimum atomic E-state index is -0.296. The van der Waals surface area contributed by atoms with Crippen molar-refractivity contribution in [3.8, 4) is 0 Å². The van der Waals surface area contributed by atoms with E-state index in [4.69, 9.17) is 4.42 Å². The van der Waals surface area contributed by atoms with E-state index in [1.54, 1.807) is 30.1 Å². The lowest BCUT2D eigenvalue weighted by Crippen LogP contribution is -2.27. The highest BCUT2D eigenvalue weighted by Gasteiger charge is 2.12. The third kappa shape index (κ3) is 4.34. The summed E-state index contributed by atoms with van der Waals surface area (Å²) in [5.41, 5.74) is 1.59. The molecule has 2 amide bonds. The van der Waals surface area contributed by atoms with Crippen molar-refractivity contribution in [3.63, 3.8) is 0 Å². The second kappa shape index (κ2) is 7.47. The molecule has 2 heterocycles. The first-order valence-corrected chi connectivity index (χ1v) is 7.78. The Bertz CT molecular complexity index is 811. The average molecular weight is 341 g/mol. The molecule has 0 radical (unpaired) electrons. The summed E-state index contributed by atoms with van der Waals surface area (Å²) in [6.45, 7) is 2.31. The number of carbonyl (C=O) groups is 1. The van der Waals surface area contributed by atoms with Gasteiger partial charge in [0.15, 0.2) is 5.82 Å². The summed E-state index contributed by atoms with van der Waals surface area (Å²) < 4.78 is 6.78. The van der Waals surface area contributed by atoms with Gasteiger partial charge >= 0.3 is 6.03 Å². The van der Waals surface area contributed by atoms with Gasteiger partial charge in [-0.2, -0.15) is 0 Å². The van der Waals surface area contributed by atoms with E-state index in [-0.39, 0.29) is 12.1 Å². The quantitative estimate of drug-likeness (QED) is 0.634. The number of nitrogens with zero attached hydrogens (tertiary/aromatic N) is 4. The molecule has 3 aromatic rings. The van der Waals surface area contributed by atoms with Gasteiger partial charge in [-0.3, -0.25) is 0 Å². The smallest absolute Gasteiger partial charge is 0.319 e. The SMILES string of the molecule is C[C@@H](Nc1ccc(NC(=O)NCc2ccco2)cc1)c1nnnn1C. The van der Waals surface area contributed by atoms with Crippen LogP contribution >= 0.6 is 0 Å². The Labute approximate surface area is 144 Å². The summed E-state index contributed by atoms with van der Waals surface area (Å²) in [7, 11) is 1.79. The first-order chi connectivity index (χ1) is 12.1. The van der Waals surface area contributed by atoms with Crippen LogP contribution in [0.1, 0.15) is 24.6 Å². The summed E-state index contributed by atoms with van der Waals surface area (Å²) in [6, 6.07) is 10.6. The van der Waals surface area contributed by atoms with Gasteiger partial charge in [-0.15, -0.1) is 5.10 Å². The Morgan fingerprint density at radius 1 is 1.24 bits per heavy atom. The molecule has 25 heavy (non-hydrogen) atoms. The van der Waals surface area contributed by atoms with E-state index in [1.807, 2.05) is 31.2 Å². The van der Waals surface area contributed by atoms with E-state index in [0.717, 1.165) is 11.5 Å². The molecule has 0 spiro atoms. The van der Waals surface area contributed by atoms with E-state index in [2.05, 4.69) is 31.5 Å². The zero-order chi connectivity index (χ0) is 17.6. The summed E-state index contributed by atoms with van der Waals surface area (Å²) in [5, 5.41) is 20.2. The molecular weight excluding hydrogens is 322 g/mol. The molecule has 0 unspecified atom stereocenters. The van der Waals surface area contributed by atoms with Gasteiger partial charge in [0, 0.05) is 18.4 Å². The molecule has 9 nitrogen and oxygen atoms in total. The molecule has 0 aliphatic rings. The molecule has 130 valence electrons. The number of aryl methyl sites for hydroxylation is 1. The van der Waals surface area contributed by atoms with Crippen molar-refractivity contribution in [3.05, 3.63) is 54.2 Å². The van der Waals surface area contributed by atoms with Gasteiger partial charge in [-0.25, -0.2) is 9.48 Å². The number of rotatable bonds is 6. The van der Waals surface area contributed by atoms with E-state index >= 15 is 0 Å². The second-order valence-corrected chi connectivity index (χ2v) is 5.49. The van der Waals surface area contributed by atoms with Gasteiger partial charge in [0.1, 0.15) is 5.76 Å². The Balaban J connectivity index is 1.51. The lowest BCUT2D eigenvalue weighted by atomic mass is 10.2. The number of aromatic nitrogens is 4. The zero-order valence-corrected chi connectivity index (χ0v) is 13.9. The van der Waals surface area contributed by atoms with Crippen molar-refractivity contribution in [1.29, 1.82) is 0 Å². The normalized spacial score (nSPS) is 11.8. The number of furan rings is 1. The number of benzene rings is 1. The predicted molar refractivity (Wildman–Crippen MR) is 91.8 cm³/mol. The van der Waals surface area contributed by atoms with Crippen LogP contribution < -0.4 is 16.0 Å². The fourth-order valence-electron chi connectivity index (χ4n) is 2.32. The molecule has 2 aromatic heterocycles. The van der Waals surface area contributed by atoms with Crippen LogP contribution in [0.15, 0.2) is 47.1 Å². The Morgan fingerprint density at radius 3 is 2.64 bits per heavy atom. The molecule has 1 aromatic carbocycles. The first kappa shape index (κ1) is 16.5. The van der Waals surface area contributed by atoms with Crippen LogP contribution in [0, 0.1) is 0 Å². The fourth-order valence-corrected chi connectivity index (χ4v) is 2.32. The first-order valence-electron chi connectivity index (χ1n) is 7.78. The Morgan fingerprint density at radius 2 is 2.00 bits per heavy atom. The number of carbonyl (C=O) groups excluding carboxylic acids is 1. The highest BCUT2D eigenvalue weighted by atomic mass is 16.3. The van der Waals surface area contributed by atoms with Crippen molar-refractivity contribution in [2.75, 3.05) is 10.6 Å². The van der Waals surface area contributed by atoms with Gasteiger partial charge in [-0.1, -0.05) is 0 Å². The highest BCUT2D eigenvalue weighted by Crippen LogP contribution is 2.19. The number of amides is 2. The maximum Gasteiger partial charge on any atom is 0.319 e. The molecule has 0 aliphatic carbocycles. The van der Waals surface area contributed by atoms with Gasteiger partial charge < -0.3 is 20.4 Å². The minimum absolute atomic E-state index is 0.0459. The molecule has 0 aliphatic heterocycles. The fraction of sp³-hybridized carbons (Fsp3) is 0.250. The molecule has 0 saturated heterocycles. The Hall–Kier alpha value is -3.36. The van der Waals surface area contributed by atoms with Crippen molar-refractivity contribution in [2.24, 2.45) is 7.05 Å². The molecular formula is C16H19N7O2. The zero-order valence-electron chi connectivity index (χ0n) is 13.9.